The van der Waals surface area contributed by atoms with Crippen molar-refractivity contribution in [1.82, 2.24) is 9.97 Å². The van der Waals surface area contributed by atoms with Gasteiger partial charge < -0.3 is 11.1 Å². The molecule has 1 aliphatic carbocycles. The highest BCUT2D eigenvalue weighted by Crippen LogP contribution is 2.35. The summed E-state index contributed by atoms with van der Waals surface area (Å²) in [5.74, 6) is 1.30. The second-order valence-electron chi connectivity index (χ2n) is 5.61. The first-order valence-corrected chi connectivity index (χ1v) is 6.86. The maximum absolute atomic E-state index is 6.03. The van der Waals surface area contributed by atoms with E-state index in [0.29, 0.717) is 12.5 Å². The topological polar surface area (TPSA) is 63.8 Å². The maximum atomic E-state index is 6.03. The molecule has 0 radical (unpaired) electrons. The molecule has 0 amide bonds. The summed E-state index contributed by atoms with van der Waals surface area (Å²) in [4.78, 5) is 8.96. The normalized spacial score (nSPS) is 28.1. The molecule has 0 saturated heterocycles. The van der Waals surface area contributed by atoms with Crippen LogP contribution >= 0.6 is 0 Å². The Morgan fingerprint density at radius 3 is 2.56 bits per heavy atom. The molecule has 2 unspecified atom stereocenters. The van der Waals surface area contributed by atoms with Gasteiger partial charge in [-0.1, -0.05) is 19.8 Å². The summed E-state index contributed by atoms with van der Waals surface area (Å²) in [5.41, 5.74) is 8.01. The Hall–Kier alpha value is -1.16. The first-order chi connectivity index (χ1) is 8.55. The molecule has 0 spiro atoms. The van der Waals surface area contributed by atoms with Gasteiger partial charge in [-0.05, 0) is 38.7 Å². The Balaban J connectivity index is 2.23. The van der Waals surface area contributed by atoms with Crippen molar-refractivity contribution in [2.75, 3.05) is 11.9 Å². The smallest absolute Gasteiger partial charge is 0.223 e. The van der Waals surface area contributed by atoms with Crippen LogP contribution in [0.3, 0.4) is 0 Å². The zero-order valence-electron chi connectivity index (χ0n) is 11.7. The van der Waals surface area contributed by atoms with Gasteiger partial charge in [0.05, 0.1) is 5.54 Å². The third-order valence-electron chi connectivity index (χ3n) is 4.16. The summed E-state index contributed by atoms with van der Waals surface area (Å²) >= 11 is 0. The van der Waals surface area contributed by atoms with Crippen LogP contribution in [0.15, 0.2) is 6.07 Å². The first kappa shape index (κ1) is 13.3. The molecule has 1 saturated carbocycles. The van der Waals surface area contributed by atoms with Crippen LogP contribution < -0.4 is 11.1 Å². The number of rotatable bonds is 3. The summed E-state index contributed by atoms with van der Waals surface area (Å²) < 4.78 is 0. The van der Waals surface area contributed by atoms with E-state index in [-0.39, 0.29) is 5.54 Å². The molecule has 2 atom stereocenters. The zero-order valence-corrected chi connectivity index (χ0v) is 11.7. The van der Waals surface area contributed by atoms with Gasteiger partial charge in [0.25, 0.3) is 0 Å². The Kier molecular flexibility index (Phi) is 3.85. The van der Waals surface area contributed by atoms with Gasteiger partial charge in [0.2, 0.25) is 5.95 Å². The van der Waals surface area contributed by atoms with E-state index in [1.807, 2.05) is 19.9 Å². The second kappa shape index (κ2) is 5.22. The van der Waals surface area contributed by atoms with Crippen LogP contribution in [-0.4, -0.2) is 22.1 Å². The van der Waals surface area contributed by atoms with E-state index in [2.05, 4.69) is 22.2 Å². The van der Waals surface area contributed by atoms with E-state index >= 15 is 0 Å². The van der Waals surface area contributed by atoms with Crippen LogP contribution in [0.1, 0.15) is 44.0 Å². The van der Waals surface area contributed by atoms with Gasteiger partial charge >= 0.3 is 0 Å². The number of aryl methyl sites for hydroxylation is 2. The van der Waals surface area contributed by atoms with Gasteiger partial charge in [0, 0.05) is 17.9 Å². The Morgan fingerprint density at radius 2 is 2.00 bits per heavy atom. The van der Waals surface area contributed by atoms with E-state index in [1.54, 1.807) is 0 Å². The second-order valence-corrected chi connectivity index (χ2v) is 5.61. The van der Waals surface area contributed by atoms with Gasteiger partial charge in [-0.2, -0.15) is 0 Å². The first-order valence-electron chi connectivity index (χ1n) is 6.86. The molecular weight excluding hydrogens is 224 g/mol. The summed E-state index contributed by atoms with van der Waals surface area (Å²) in [5, 5.41) is 3.53. The summed E-state index contributed by atoms with van der Waals surface area (Å²) in [7, 11) is 0. The van der Waals surface area contributed by atoms with Gasteiger partial charge in [-0.25, -0.2) is 9.97 Å². The highest BCUT2D eigenvalue weighted by molar-refractivity contribution is 5.33. The van der Waals surface area contributed by atoms with Crippen LogP contribution in [0.2, 0.25) is 0 Å². The zero-order chi connectivity index (χ0) is 13.2. The molecular formula is C14H24N4. The van der Waals surface area contributed by atoms with E-state index in [0.717, 1.165) is 23.8 Å². The average Bonchev–Trinajstić information content (AvgIpc) is 2.31. The fourth-order valence-electron chi connectivity index (χ4n) is 2.96. The molecule has 4 nitrogen and oxygen atoms in total. The van der Waals surface area contributed by atoms with E-state index in [9.17, 15) is 0 Å². The van der Waals surface area contributed by atoms with Crippen LogP contribution in [0.5, 0.6) is 0 Å². The fraction of sp³-hybridized carbons (Fsp3) is 0.714. The summed E-state index contributed by atoms with van der Waals surface area (Å²) in [6, 6.07) is 1.99. The van der Waals surface area contributed by atoms with Crippen molar-refractivity contribution in [3.63, 3.8) is 0 Å². The van der Waals surface area contributed by atoms with Crippen molar-refractivity contribution in [1.29, 1.82) is 0 Å². The molecule has 1 aliphatic rings. The number of hydrogen-bond acceptors (Lipinski definition) is 4. The van der Waals surface area contributed by atoms with Gasteiger partial charge in [0.15, 0.2) is 0 Å². The van der Waals surface area contributed by atoms with Crippen molar-refractivity contribution in [2.24, 2.45) is 11.7 Å². The van der Waals surface area contributed by atoms with Crippen molar-refractivity contribution in [3.8, 4) is 0 Å². The lowest BCUT2D eigenvalue weighted by Crippen LogP contribution is -2.52. The average molecular weight is 248 g/mol. The summed E-state index contributed by atoms with van der Waals surface area (Å²) in [6.45, 7) is 6.92. The molecule has 0 bridgehead atoms. The van der Waals surface area contributed by atoms with E-state index in [4.69, 9.17) is 5.73 Å². The number of aromatic nitrogens is 2. The van der Waals surface area contributed by atoms with Gasteiger partial charge in [-0.3, -0.25) is 0 Å². The third kappa shape index (κ3) is 2.64. The van der Waals surface area contributed by atoms with E-state index in [1.165, 1.54) is 19.3 Å². The molecule has 0 aliphatic heterocycles. The standard InChI is InChI=1S/C14H24N4/c1-10-6-4-5-7-14(10,9-15)18-13-16-11(2)8-12(3)17-13/h8,10H,4-7,9,15H2,1-3H3,(H,16,17,18). The minimum absolute atomic E-state index is 0.0293. The number of anilines is 1. The van der Waals surface area contributed by atoms with Crippen molar-refractivity contribution < 1.29 is 0 Å². The minimum atomic E-state index is -0.0293. The molecule has 1 aromatic heterocycles. The Bertz CT molecular complexity index is 398. The quantitative estimate of drug-likeness (QED) is 0.862. The fourth-order valence-corrected chi connectivity index (χ4v) is 2.96. The van der Waals surface area contributed by atoms with Crippen molar-refractivity contribution >= 4 is 5.95 Å². The number of hydrogen-bond donors (Lipinski definition) is 2. The molecule has 1 heterocycles. The molecule has 0 aromatic carbocycles. The van der Waals surface area contributed by atoms with Gasteiger partial charge in [0.1, 0.15) is 0 Å². The lowest BCUT2D eigenvalue weighted by atomic mass is 9.73. The SMILES string of the molecule is Cc1cc(C)nc(NC2(CN)CCCCC2C)n1. The molecule has 3 N–H and O–H groups in total. The largest absolute Gasteiger partial charge is 0.347 e. The van der Waals surface area contributed by atoms with Crippen molar-refractivity contribution in [2.45, 2.75) is 52.0 Å². The summed E-state index contributed by atoms with van der Waals surface area (Å²) in [6.07, 6.45) is 4.88. The molecule has 2 rings (SSSR count). The highest BCUT2D eigenvalue weighted by Gasteiger charge is 2.37. The van der Waals surface area contributed by atoms with Gasteiger partial charge in [-0.15, -0.1) is 0 Å². The monoisotopic (exact) mass is 248 g/mol. The van der Waals surface area contributed by atoms with Crippen LogP contribution in [0.25, 0.3) is 0 Å². The lowest BCUT2D eigenvalue weighted by Gasteiger charge is -2.42. The Labute approximate surface area is 109 Å². The lowest BCUT2D eigenvalue weighted by molar-refractivity contribution is 0.234. The molecule has 4 heteroatoms. The molecule has 18 heavy (non-hydrogen) atoms. The molecule has 1 fully saturated rings. The number of nitrogens with two attached hydrogens (primary N) is 1. The van der Waals surface area contributed by atoms with Crippen LogP contribution in [-0.2, 0) is 0 Å². The number of nitrogens with one attached hydrogen (secondary N) is 1. The minimum Gasteiger partial charge on any atom is -0.347 e. The van der Waals surface area contributed by atoms with Crippen LogP contribution in [0, 0.1) is 19.8 Å². The highest BCUT2D eigenvalue weighted by atomic mass is 15.2. The Morgan fingerprint density at radius 1 is 1.33 bits per heavy atom. The maximum Gasteiger partial charge on any atom is 0.223 e. The van der Waals surface area contributed by atoms with Crippen LogP contribution in [0.4, 0.5) is 5.95 Å². The third-order valence-corrected chi connectivity index (χ3v) is 4.16. The van der Waals surface area contributed by atoms with E-state index < -0.39 is 0 Å². The van der Waals surface area contributed by atoms with Crippen molar-refractivity contribution in [3.05, 3.63) is 17.5 Å². The predicted octanol–water partition coefficient (Wildman–Crippen LogP) is 2.41. The number of nitrogens with zero attached hydrogens (tertiary/aromatic N) is 2. The predicted molar refractivity (Wildman–Crippen MR) is 74.5 cm³/mol. The molecule has 1 aromatic rings. The molecule has 100 valence electrons.